The normalized spacial score (nSPS) is 20.9. The summed E-state index contributed by atoms with van der Waals surface area (Å²) in [4.78, 5) is 48.5. The maximum absolute atomic E-state index is 14.1. The van der Waals surface area contributed by atoms with Crippen LogP contribution in [0.1, 0.15) is 74.6 Å². The minimum Gasteiger partial charge on any atom is -0.489 e. The molecule has 4 aliphatic rings. The maximum Gasteiger partial charge on any atom is 0.254 e. The number of ether oxygens (including phenoxy) is 5. The number of methoxy groups -OCH3 is 1. The van der Waals surface area contributed by atoms with Crippen molar-refractivity contribution < 1.29 is 42.9 Å². The molecule has 21 heteroatoms. The van der Waals surface area contributed by atoms with Crippen molar-refractivity contribution in [2.24, 2.45) is 5.92 Å². The Balaban J connectivity index is 0.619. The van der Waals surface area contributed by atoms with Crippen LogP contribution >= 0.6 is 11.3 Å². The van der Waals surface area contributed by atoms with Gasteiger partial charge in [-0.25, -0.2) is 9.97 Å². The van der Waals surface area contributed by atoms with Gasteiger partial charge in [0.2, 0.25) is 17.7 Å². The number of anilines is 3. The number of thiazole rings is 1. The number of β-amino-alcohol motifs (C(OH)–C–C–N with tert-alkyl or cyclic N) is 1. The summed E-state index contributed by atoms with van der Waals surface area (Å²) in [6, 6.07) is 26.9. The van der Waals surface area contributed by atoms with Crippen LogP contribution in [0.15, 0.2) is 113 Å². The van der Waals surface area contributed by atoms with Gasteiger partial charge in [-0.15, -0.1) is 21.5 Å². The molecule has 2 bridgehead atoms. The summed E-state index contributed by atoms with van der Waals surface area (Å²) in [5.74, 6) is 1.26. The third kappa shape index (κ3) is 12.0. The van der Waals surface area contributed by atoms with Gasteiger partial charge >= 0.3 is 0 Å². The molecule has 3 saturated heterocycles. The van der Waals surface area contributed by atoms with Gasteiger partial charge in [-0.1, -0.05) is 50.2 Å². The number of nitrogens with two attached hydrogens (primary N) is 1. The summed E-state index contributed by atoms with van der Waals surface area (Å²) in [6.07, 6.45) is 10.0. The number of nitrogens with zero attached hydrogens (tertiary/aromatic N) is 9. The standard InChI is InChI=1S/C59H65N11O9S/c1-35(2)55(59(73)69-32-43(71)23-50(69)58(72)63-28-37-11-13-38(14-12-37)56-36(3)64-33-80-56)52-27-54(67-79-52)75-21-7-8-39-15-18-44(29-62-39)77-45-24-46(25-45)78-53-22-40(19-20-61-53)70-41-16-17-42(70)31-68(30-41)49-26-48(65-66-57(49)60)47-9-5-6-10-51(47)76-34-74-4/h5-15,18-20,22,26-27,29,33,35,41-43,45-46,50,55,71H,16-17,21,23-25,28,30-32,34H2,1-4H3,(H2,60,66)(H,63,72)/t41?,42?,43-,45-,46-,50+,55?/m1/s1. The van der Waals surface area contributed by atoms with Crippen molar-refractivity contribution in [2.75, 3.05) is 55.7 Å². The number of aryl methyl sites for hydroxylation is 1. The Morgan fingerprint density at radius 3 is 2.45 bits per heavy atom. The van der Waals surface area contributed by atoms with E-state index in [0.29, 0.717) is 40.3 Å². The van der Waals surface area contributed by atoms with Gasteiger partial charge in [-0.2, -0.15) is 0 Å². The molecule has 11 rings (SSSR count). The SMILES string of the molecule is COCOc1ccccc1-c1cc(N2CC3CCC(C2)N3c2ccnc(O[C@H]3C[C@H](Oc4ccc(C=CCOc5cc(C(C(=O)N6C[C@H](O)C[C@H]6C(=O)NCc6ccc(-c7scnc7C)cc6)C(C)C)on5)nc4)C3)c2)c(N)nn1. The zero-order chi connectivity index (χ0) is 55.3. The van der Waals surface area contributed by atoms with Gasteiger partial charge < -0.3 is 59.1 Å². The Morgan fingerprint density at radius 1 is 0.900 bits per heavy atom. The van der Waals surface area contributed by atoms with E-state index in [1.165, 1.54) is 4.90 Å². The van der Waals surface area contributed by atoms with Crippen molar-refractivity contribution in [1.82, 2.24) is 40.5 Å². The fraction of sp³-hybridized carbons (Fsp3) is 0.390. The number of para-hydroxylation sites is 1. The Hall–Kier alpha value is -8.14. The van der Waals surface area contributed by atoms with Gasteiger partial charge in [0.15, 0.2) is 18.4 Å². The molecular formula is C59H65N11O9S. The van der Waals surface area contributed by atoms with Crippen LogP contribution in [0.5, 0.6) is 23.3 Å². The molecule has 2 aromatic carbocycles. The predicted octanol–water partition coefficient (Wildman–Crippen LogP) is 7.87. The molecule has 3 unspecified atom stereocenters. The Kier molecular flexibility index (Phi) is 16.2. The summed E-state index contributed by atoms with van der Waals surface area (Å²) < 4.78 is 35.1. The van der Waals surface area contributed by atoms with Gasteiger partial charge in [0.1, 0.15) is 42.3 Å². The number of carbonyl (C=O) groups excluding carboxylic acids is 2. The van der Waals surface area contributed by atoms with Crippen molar-refractivity contribution in [3.05, 3.63) is 132 Å². The van der Waals surface area contributed by atoms with E-state index in [9.17, 15) is 14.7 Å². The first-order valence-corrected chi connectivity index (χ1v) is 28.0. The van der Waals surface area contributed by atoms with Crippen molar-refractivity contribution in [2.45, 2.75) is 102 Å². The average Bonchev–Trinajstić information content (AvgIpc) is 4.31. The lowest BCUT2D eigenvalue weighted by atomic mass is 9.91. The first kappa shape index (κ1) is 53.8. The maximum atomic E-state index is 14.1. The second-order valence-corrected chi connectivity index (χ2v) is 21.9. The number of piperazine rings is 1. The lowest BCUT2D eigenvalue weighted by molar-refractivity contribution is -0.141. The Labute approximate surface area is 467 Å². The van der Waals surface area contributed by atoms with Gasteiger partial charge in [-0.05, 0) is 90.5 Å². The highest BCUT2D eigenvalue weighted by atomic mass is 32.1. The molecule has 2 amide bonds. The largest absolute Gasteiger partial charge is 0.489 e. The molecule has 3 aliphatic heterocycles. The van der Waals surface area contributed by atoms with E-state index in [0.717, 1.165) is 77.4 Å². The van der Waals surface area contributed by atoms with Gasteiger partial charge in [-0.3, -0.25) is 14.6 Å². The van der Waals surface area contributed by atoms with E-state index in [4.69, 9.17) is 33.9 Å². The number of carbonyl (C=O) groups is 2. The zero-order valence-electron chi connectivity index (χ0n) is 45.1. The quantitative estimate of drug-likeness (QED) is 0.0580. The number of amides is 2. The number of rotatable bonds is 21. The number of pyridine rings is 2. The number of nitrogens with one attached hydrogen (secondary N) is 1. The van der Waals surface area contributed by atoms with E-state index in [1.807, 2.05) is 111 Å². The van der Waals surface area contributed by atoms with E-state index in [2.05, 4.69) is 57.6 Å². The number of aliphatic hydroxyl groups excluding tert-OH is 1. The molecule has 5 atom stereocenters. The highest BCUT2D eigenvalue weighted by Crippen LogP contribution is 2.41. The van der Waals surface area contributed by atoms with Gasteiger partial charge in [0, 0.05) is 94.2 Å². The summed E-state index contributed by atoms with van der Waals surface area (Å²) in [5.41, 5.74) is 15.4. The molecule has 1 aliphatic carbocycles. The molecule has 416 valence electrons. The number of hydrogen-bond acceptors (Lipinski definition) is 19. The second-order valence-electron chi connectivity index (χ2n) is 21.0. The smallest absolute Gasteiger partial charge is 0.254 e. The third-order valence-corrected chi connectivity index (χ3v) is 16.2. The number of hydrogen-bond donors (Lipinski definition) is 3. The molecule has 7 aromatic rings. The van der Waals surface area contributed by atoms with Crippen LogP contribution in [0.25, 0.3) is 27.8 Å². The fourth-order valence-corrected chi connectivity index (χ4v) is 12.0. The monoisotopic (exact) mass is 1100 g/mol. The van der Waals surface area contributed by atoms with Crippen LogP contribution in [0.2, 0.25) is 0 Å². The Morgan fingerprint density at radius 2 is 1.70 bits per heavy atom. The van der Waals surface area contributed by atoms with Crippen molar-refractivity contribution in [3.63, 3.8) is 0 Å². The molecule has 4 fully saturated rings. The van der Waals surface area contributed by atoms with Crippen LogP contribution in [0, 0.1) is 12.8 Å². The lowest BCUT2D eigenvalue weighted by Crippen LogP contribution is -2.54. The van der Waals surface area contributed by atoms with E-state index in [1.54, 1.807) is 30.7 Å². The summed E-state index contributed by atoms with van der Waals surface area (Å²) in [7, 11) is 1.59. The van der Waals surface area contributed by atoms with Crippen LogP contribution in [-0.4, -0.2) is 129 Å². The second kappa shape index (κ2) is 24.1. The van der Waals surface area contributed by atoms with Crippen LogP contribution in [-0.2, 0) is 20.9 Å². The minimum absolute atomic E-state index is 0.00861. The highest BCUT2D eigenvalue weighted by Gasteiger charge is 2.44. The van der Waals surface area contributed by atoms with Crippen molar-refractivity contribution >= 4 is 46.4 Å². The number of benzene rings is 2. The topological polar surface area (TPSA) is 239 Å². The van der Waals surface area contributed by atoms with E-state index < -0.39 is 18.1 Å². The average molecular weight is 1100 g/mol. The highest BCUT2D eigenvalue weighted by molar-refractivity contribution is 7.13. The molecule has 0 radical (unpaired) electrons. The number of aromatic nitrogens is 6. The summed E-state index contributed by atoms with van der Waals surface area (Å²) >= 11 is 1.58. The number of aliphatic hydroxyl groups is 1. The van der Waals surface area contributed by atoms with Crippen LogP contribution < -0.4 is 39.8 Å². The van der Waals surface area contributed by atoms with Crippen molar-refractivity contribution in [3.8, 4) is 45.0 Å². The molecule has 5 aromatic heterocycles. The van der Waals surface area contributed by atoms with Gasteiger partial charge in [0.25, 0.3) is 5.88 Å². The number of fused-ring (bicyclic) bond motifs is 2. The number of nitrogen functional groups attached to an aromatic ring is 1. The molecule has 1 saturated carbocycles. The van der Waals surface area contributed by atoms with Crippen LogP contribution in [0.3, 0.4) is 0 Å². The molecule has 0 spiro atoms. The molecule has 80 heavy (non-hydrogen) atoms. The first-order valence-electron chi connectivity index (χ1n) is 27.1. The summed E-state index contributed by atoms with van der Waals surface area (Å²) in [5, 5.41) is 26.5. The van der Waals surface area contributed by atoms with Gasteiger partial charge in [0.05, 0.1) is 45.5 Å². The first-order chi connectivity index (χ1) is 38.9. The predicted molar refractivity (Wildman–Crippen MR) is 301 cm³/mol. The lowest BCUT2D eigenvalue weighted by Gasteiger charge is -2.43. The molecule has 20 nitrogen and oxygen atoms in total. The zero-order valence-corrected chi connectivity index (χ0v) is 45.9. The minimum atomic E-state index is -0.835. The van der Waals surface area contributed by atoms with Crippen LogP contribution in [0.4, 0.5) is 17.2 Å². The fourth-order valence-electron chi connectivity index (χ4n) is 11.1. The summed E-state index contributed by atoms with van der Waals surface area (Å²) in [6.45, 7) is 7.97. The van der Waals surface area contributed by atoms with E-state index in [-0.39, 0.29) is 80.8 Å². The van der Waals surface area contributed by atoms with E-state index >= 15 is 0 Å². The Bertz CT molecular complexity index is 3280. The molecular weight excluding hydrogens is 1040 g/mol. The molecule has 4 N–H and O–H groups in total. The number of likely N-dealkylation sites (tertiary alicyclic amines) is 1. The third-order valence-electron chi connectivity index (χ3n) is 15.2. The molecule has 8 heterocycles. The van der Waals surface area contributed by atoms with Crippen molar-refractivity contribution in [1.29, 1.82) is 0 Å².